The van der Waals surface area contributed by atoms with E-state index in [2.05, 4.69) is 6.92 Å². The molecule has 0 aromatic rings. The zero-order valence-corrected chi connectivity index (χ0v) is 25.4. The van der Waals surface area contributed by atoms with Crippen LogP contribution in [0.1, 0.15) is 101 Å². The van der Waals surface area contributed by atoms with Gasteiger partial charge in [0.2, 0.25) is 0 Å². The van der Waals surface area contributed by atoms with Crippen LogP contribution in [0.25, 0.3) is 0 Å². The van der Waals surface area contributed by atoms with Crippen molar-refractivity contribution in [2.75, 3.05) is 26.2 Å². The first-order chi connectivity index (χ1) is 17.3. The fraction of sp³-hybridized carbons (Fsp3) is 0.857. The minimum absolute atomic E-state index is 0.0813. The van der Waals surface area contributed by atoms with Gasteiger partial charge in [0.1, 0.15) is 22.8 Å². The van der Waals surface area contributed by atoms with Gasteiger partial charge in [-0.3, -0.25) is 4.79 Å². The SMILES string of the molecule is [CH2]CC(CCCN)N(CCCCN(CCC(N)C(=O)OC(C)(C)C)C(=O)OC(C)(C)C)C(=O)OC(C)(C)C. The Labute approximate surface area is 231 Å². The third-order valence-electron chi connectivity index (χ3n) is 5.29. The molecule has 38 heavy (non-hydrogen) atoms. The molecule has 0 fully saturated rings. The molecule has 0 bridgehead atoms. The summed E-state index contributed by atoms with van der Waals surface area (Å²) in [5.74, 6) is -0.508. The molecule has 2 atom stereocenters. The maximum absolute atomic E-state index is 13.0. The van der Waals surface area contributed by atoms with Crippen molar-refractivity contribution in [3.05, 3.63) is 6.92 Å². The van der Waals surface area contributed by atoms with Gasteiger partial charge in [0.15, 0.2) is 0 Å². The second kappa shape index (κ2) is 16.1. The van der Waals surface area contributed by atoms with E-state index in [0.717, 1.165) is 12.8 Å². The Balaban J connectivity index is 5.31. The number of esters is 1. The van der Waals surface area contributed by atoms with E-state index in [-0.39, 0.29) is 25.1 Å². The van der Waals surface area contributed by atoms with E-state index in [1.807, 2.05) is 20.8 Å². The van der Waals surface area contributed by atoms with Crippen molar-refractivity contribution in [3.8, 4) is 0 Å². The van der Waals surface area contributed by atoms with Crippen molar-refractivity contribution in [1.29, 1.82) is 0 Å². The third-order valence-corrected chi connectivity index (χ3v) is 5.29. The first kappa shape index (κ1) is 35.9. The number of hydrogen-bond donors (Lipinski definition) is 2. The van der Waals surface area contributed by atoms with Crippen molar-refractivity contribution in [2.45, 2.75) is 130 Å². The van der Waals surface area contributed by atoms with Gasteiger partial charge >= 0.3 is 18.2 Å². The molecule has 0 aromatic heterocycles. The van der Waals surface area contributed by atoms with Gasteiger partial charge in [-0.15, -0.1) is 0 Å². The third kappa shape index (κ3) is 16.7. The number of carbonyl (C=O) groups excluding carboxylic acids is 3. The highest BCUT2D eigenvalue weighted by Crippen LogP contribution is 2.18. The Morgan fingerprint density at radius 2 is 1.24 bits per heavy atom. The largest absolute Gasteiger partial charge is 0.459 e. The highest BCUT2D eigenvalue weighted by Gasteiger charge is 2.28. The summed E-state index contributed by atoms with van der Waals surface area (Å²) >= 11 is 0. The summed E-state index contributed by atoms with van der Waals surface area (Å²) in [5.41, 5.74) is 9.81. The van der Waals surface area contributed by atoms with Crippen molar-refractivity contribution >= 4 is 18.2 Å². The number of carbonyl (C=O) groups is 3. The monoisotopic (exact) mass is 543 g/mol. The summed E-state index contributed by atoms with van der Waals surface area (Å²) in [7, 11) is 0. The molecule has 0 aliphatic carbocycles. The lowest BCUT2D eigenvalue weighted by Crippen LogP contribution is -2.44. The molecule has 0 saturated heterocycles. The molecule has 4 N–H and O–H groups in total. The van der Waals surface area contributed by atoms with Gasteiger partial charge in [-0.1, -0.05) is 6.92 Å². The maximum Gasteiger partial charge on any atom is 0.410 e. The Morgan fingerprint density at radius 3 is 1.71 bits per heavy atom. The molecule has 10 nitrogen and oxygen atoms in total. The number of unbranched alkanes of at least 4 members (excludes halogenated alkanes) is 1. The van der Waals surface area contributed by atoms with Gasteiger partial charge in [0, 0.05) is 25.7 Å². The summed E-state index contributed by atoms with van der Waals surface area (Å²) in [4.78, 5) is 41.4. The van der Waals surface area contributed by atoms with E-state index in [9.17, 15) is 14.4 Å². The second-order valence-electron chi connectivity index (χ2n) is 12.7. The molecule has 0 aromatic carbocycles. The van der Waals surface area contributed by atoms with Crippen LogP contribution in [0.15, 0.2) is 0 Å². The van der Waals surface area contributed by atoms with Crippen LogP contribution >= 0.6 is 0 Å². The minimum Gasteiger partial charge on any atom is -0.459 e. The number of nitrogens with two attached hydrogens (primary N) is 2. The van der Waals surface area contributed by atoms with Crippen LogP contribution in [0.4, 0.5) is 9.59 Å². The Hall–Kier alpha value is -2.07. The summed E-state index contributed by atoms with van der Waals surface area (Å²) in [6.45, 7) is 21.9. The molecule has 223 valence electrons. The van der Waals surface area contributed by atoms with Gasteiger partial charge in [-0.25, -0.2) is 9.59 Å². The quantitative estimate of drug-likeness (QED) is 0.184. The molecule has 0 aliphatic heterocycles. The van der Waals surface area contributed by atoms with Gasteiger partial charge in [-0.05, 0) is 107 Å². The van der Waals surface area contributed by atoms with Crippen LogP contribution < -0.4 is 11.5 Å². The first-order valence-electron chi connectivity index (χ1n) is 13.7. The molecule has 0 saturated carbocycles. The van der Waals surface area contributed by atoms with Crippen LogP contribution in [0.5, 0.6) is 0 Å². The van der Waals surface area contributed by atoms with E-state index < -0.39 is 34.9 Å². The fourth-order valence-electron chi connectivity index (χ4n) is 3.55. The lowest BCUT2D eigenvalue weighted by atomic mass is 10.1. The number of rotatable bonds is 14. The lowest BCUT2D eigenvalue weighted by molar-refractivity contribution is -0.156. The highest BCUT2D eigenvalue weighted by molar-refractivity contribution is 5.76. The number of amides is 2. The Morgan fingerprint density at radius 1 is 0.737 bits per heavy atom. The average Bonchev–Trinajstić information content (AvgIpc) is 2.73. The smallest absolute Gasteiger partial charge is 0.410 e. The normalized spacial score (nSPS) is 13.9. The Bertz CT molecular complexity index is 724. The van der Waals surface area contributed by atoms with Crippen LogP contribution in [-0.4, -0.2) is 83.0 Å². The summed E-state index contributed by atoms with van der Waals surface area (Å²) in [6, 6.07) is -0.940. The average molecular weight is 544 g/mol. The first-order valence-corrected chi connectivity index (χ1v) is 13.7. The van der Waals surface area contributed by atoms with Gasteiger partial charge in [0.05, 0.1) is 0 Å². The number of hydrogen-bond acceptors (Lipinski definition) is 8. The lowest BCUT2D eigenvalue weighted by Gasteiger charge is -2.33. The molecule has 0 rings (SSSR count). The van der Waals surface area contributed by atoms with Crippen molar-refractivity contribution in [1.82, 2.24) is 9.80 Å². The van der Waals surface area contributed by atoms with E-state index in [1.165, 1.54) is 0 Å². The molecule has 10 heteroatoms. The molecule has 0 aliphatic rings. The fourth-order valence-corrected chi connectivity index (χ4v) is 3.55. The molecule has 0 spiro atoms. The second-order valence-corrected chi connectivity index (χ2v) is 12.7. The van der Waals surface area contributed by atoms with E-state index in [4.69, 9.17) is 25.7 Å². The predicted octanol–water partition coefficient (Wildman–Crippen LogP) is 4.63. The molecule has 0 heterocycles. The van der Waals surface area contributed by atoms with E-state index >= 15 is 0 Å². The standard InChI is InChI=1S/C28H55N4O6/c1-11-21(15-14-17-29)32(25(35)38-28(8,9)10)19-13-12-18-31(24(34)37-27(5,6)7)20-16-22(30)23(33)36-26(2,3)4/h21-22H,1,11-20,29-30H2,2-10H3. The molecular formula is C28H55N4O6. The zero-order chi connectivity index (χ0) is 29.7. The van der Waals surface area contributed by atoms with E-state index in [0.29, 0.717) is 38.9 Å². The minimum atomic E-state index is -0.859. The van der Waals surface area contributed by atoms with E-state index in [1.54, 1.807) is 51.3 Å². The van der Waals surface area contributed by atoms with Gasteiger partial charge < -0.3 is 35.5 Å². The number of nitrogens with zero attached hydrogens (tertiary/aromatic N) is 2. The summed E-state index contributed by atoms with van der Waals surface area (Å²) in [5, 5.41) is 0. The maximum atomic E-state index is 13.0. The van der Waals surface area contributed by atoms with Gasteiger partial charge in [-0.2, -0.15) is 0 Å². The zero-order valence-electron chi connectivity index (χ0n) is 25.4. The topological polar surface area (TPSA) is 137 Å². The molecule has 1 radical (unpaired) electrons. The number of ether oxygens (including phenoxy) is 3. The summed E-state index contributed by atoms with van der Waals surface area (Å²) in [6.07, 6.45) is 2.70. The summed E-state index contributed by atoms with van der Waals surface area (Å²) < 4.78 is 16.6. The van der Waals surface area contributed by atoms with Gasteiger partial charge in [0.25, 0.3) is 0 Å². The Kier molecular flexibility index (Phi) is 15.3. The van der Waals surface area contributed by atoms with Crippen LogP contribution in [-0.2, 0) is 19.0 Å². The van der Waals surface area contributed by atoms with Crippen LogP contribution in [0, 0.1) is 6.92 Å². The predicted molar refractivity (Wildman–Crippen MR) is 150 cm³/mol. The van der Waals surface area contributed by atoms with Crippen molar-refractivity contribution in [3.63, 3.8) is 0 Å². The highest BCUT2D eigenvalue weighted by atomic mass is 16.6. The molecule has 2 amide bonds. The van der Waals surface area contributed by atoms with Crippen LogP contribution in [0.3, 0.4) is 0 Å². The van der Waals surface area contributed by atoms with Crippen molar-refractivity contribution < 1.29 is 28.6 Å². The molecule has 2 unspecified atom stereocenters. The van der Waals surface area contributed by atoms with Crippen LogP contribution in [0.2, 0.25) is 0 Å². The molecular weight excluding hydrogens is 488 g/mol. The van der Waals surface area contributed by atoms with Crippen molar-refractivity contribution in [2.24, 2.45) is 11.5 Å².